The topological polar surface area (TPSA) is 93.0 Å². The number of fused-ring (bicyclic) bond motifs is 2. The largest absolute Gasteiger partial charge is 0.309 e. The number of nitrogens with zero attached hydrogens (tertiary/aromatic N) is 5. The third kappa shape index (κ3) is 4.46. The van der Waals surface area contributed by atoms with Crippen molar-refractivity contribution in [1.29, 1.82) is 0 Å². The summed E-state index contributed by atoms with van der Waals surface area (Å²) in [5, 5.41) is 3.97. The summed E-state index contributed by atoms with van der Waals surface area (Å²) in [5.74, 6) is 0.880. The first-order valence-corrected chi connectivity index (χ1v) is 12.3. The first-order valence-electron chi connectivity index (χ1n) is 12.3. The van der Waals surface area contributed by atoms with Crippen LogP contribution in [0.25, 0.3) is 11.0 Å². The summed E-state index contributed by atoms with van der Waals surface area (Å²) in [7, 11) is 2.11. The van der Waals surface area contributed by atoms with Crippen LogP contribution >= 0.6 is 0 Å². The predicted octanol–water partition coefficient (Wildman–Crippen LogP) is 4.57. The smallest absolute Gasteiger partial charge is 0.263 e. The first-order chi connectivity index (χ1) is 16.4. The number of rotatable bonds is 4. The number of ketones is 1. The molecule has 1 N–H and O–H groups in total. The highest BCUT2D eigenvalue weighted by Crippen LogP contribution is 2.32. The van der Waals surface area contributed by atoms with Crippen LogP contribution in [0.3, 0.4) is 0 Å². The molecule has 3 aromatic heterocycles. The molecule has 0 saturated heterocycles. The van der Waals surface area contributed by atoms with Gasteiger partial charge in [0.15, 0.2) is 5.78 Å². The summed E-state index contributed by atoms with van der Waals surface area (Å²) in [6, 6.07) is 4.10. The van der Waals surface area contributed by atoms with E-state index in [0.717, 1.165) is 56.3 Å². The molecular weight excluding hydrogens is 428 g/mol. The molecule has 1 fully saturated rings. The van der Waals surface area contributed by atoms with E-state index in [1.165, 1.54) is 12.5 Å². The van der Waals surface area contributed by atoms with Gasteiger partial charge in [-0.15, -0.1) is 0 Å². The number of carbonyl (C=O) groups is 1. The van der Waals surface area contributed by atoms with E-state index >= 15 is 0 Å². The maximum absolute atomic E-state index is 13.3. The quantitative estimate of drug-likeness (QED) is 0.568. The van der Waals surface area contributed by atoms with Crippen molar-refractivity contribution < 1.29 is 4.79 Å². The minimum absolute atomic E-state index is 0.0605. The molecule has 0 unspecified atom stereocenters. The molecule has 180 valence electrons. The fraction of sp³-hybridized carbons (Fsp3) is 0.500. The molecule has 0 spiro atoms. The van der Waals surface area contributed by atoms with Crippen LogP contribution in [0.5, 0.6) is 0 Å². The van der Waals surface area contributed by atoms with Gasteiger partial charge in [-0.2, -0.15) is 4.98 Å². The van der Waals surface area contributed by atoms with Gasteiger partial charge in [-0.05, 0) is 50.9 Å². The van der Waals surface area contributed by atoms with Gasteiger partial charge in [-0.3, -0.25) is 14.2 Å². The summed E-state index contributed by atoms with van der Waals surface area (Å²) in [6.45, 7) is 9.14. The molecule has 1 aliphatic heterocycles. The van der Waals surface area contributed by atoms with E-state index in [4.69, 9.17) is 9.97 Å². The Balaban J connectivity index is 0.00000133. The van der Waals surface area contributed by atoms with Crippen LogP contribution in [0, 0.1) is 6.92 Å². The number of Topliss-reactive ketones (excluding diaryl/α,β-unsaturated/α-hetero) is 1. The van der Waals surface area contributed by atoms with E-state index in [1.54, 1.807) is 17.7 Å². The lowest BCUT2D eigenvalue weighted by molar-refractivity contribution is 0.101. The summed E-state index contributed by atoms with van der Waals surface area (Å²) in [5.41, 5.74) is 3.57. The average molecular weight is 463 g/mol. The molecular formula is C26H34N6O2. The van der Waals surface area contributed by atoms with Crippen molar-refractivity contribution in [2.45, 2.75) is 72.4 Å². The molecule has 0 atom stereocenters. The number of carbonyl (C=O) groups excluding carboxylic acids is 1. The Morgan fingerprint density at radius 3 is 2.59 bits per heavy atom. The van der Waals surface area contributed by atoms with E-state index in [9.17, 15) is 9.59 Å². The highest BCUT2D eigenvalue weighted by Gasteiger charge is 2.26. The van der Waals surface area contributed by atoms with Crippen molar-refractivity contribution in [1.82, 2.24) is 24.4 Å². The van der Waals surface area contributed by atoms with Crippen molar-refractivity contribution in [3.05, 3.63) is 51.1 Å². The van der Waals surface area contributed by atoms with Gasteiger partial charge in [0.1, 0.15) is 11.5 Å². The molecule has 2 aliphatic rings. The molecule has 4 heterocycles. The number of aromatic nitrogens is 4. The Bertz CT molecular complexity index is 1280. The lowest BCUT2D eigenvalue weighted by Gasteiger charge is -2.24. The average Bonchev–Trinajstić information content (AvgIpc) is 3.35. The zero-order valence-corrected chi connectivity index (χ0v) is 20.8. The third-order valence-electron chi connectivity index (χ3n) is 6.73. The highest BCUT2D eigenvalue weighted by atomic mass is 16.1. The van der Waals surface area contributed by atoms with E-state index in [1.807, 2.05) is 19.9 Å². The monoisotopic (exact) mass is 462 g/mol. The number of aryl methyl sites for hydroxylation is 1. The van der Waals surface area contributed by atoms with Crippen LogP contribution in [0.1, 0.15) is 79.7 Å². The van der Waals surface area contributed by atoms with Gasteiger partial charge in [0.05, 0.1) is 5.56 Å². The number of hydrogen-bond donors (Lipinski definition) is 1. The van der Waals surface area contributed by atoms with Crippen LogP contribution in [-0.4, -0.2) is 43.8 Å². The molecule has 5 rings (SSSR count). The zero-order chi connectivity index (χ0) is 24.4. The normalized spacial score (nSPS) is 16.1. The summed E-state index contributed by atoms with van der Waals surface area (Å²) in [4.78, 5) is 41.9. The number of nitrogens with one attached hydrogen (secondary N) is 1. The number of likely N-dealkylation sites (N-methyl/N-ethyl adjacent to an activating group) is 1. The van der Waals surface area contributed by atoms with Crippen LogP contribution in [-0.2, 0) is 13.0 Å². The van der Waals surface area contributed by atoms with E-state index < -0.39 is 0 Å². The van der Waals surface area contributed by atoms with Crippen molar-refractivity contribution in [3.63, 3.8) is 0 Å². The van der Waals surface area contributed by atoms with Gasteiger partial charge < -0.3 is 10.2 Å². The van der Waals surface area contributed by atoms with Gasteiger partial charge in [-0.25, -0.2) is 9.97 Å². The Morgan fingerprint density at radius 2 is 1.88 bits per heavy atom. The first kappa shape index (κ1) is 24.0. The van der Waals surface area contributed by atoms with Crippen LogP contribution < -0.4 is 10.9 Å². The fourth-order valence-corrected chi connectivity index (χ4v) is 5.05. The van der Waals surface area contributed by atoms with Gasteiger partial charge in [0.2, 0.25) is 5.95 Å². The van der Waals surface area contributed by atoms with E-state index in [2.05, 4.69) is 28.3 Å². The molecule has 34 heavy (non-hydrogen) atoms. The number of hydrogen-bond acceptors (Lipinski definition) is 7. The highest BCUT2D eigenvalue weighted by molar-refractivity contribution is 5.99. The second kappa shape index (κ2) is 10.0. The van der Waals surface area contributed by atoms with Gasteiger partial charge in [0, 0.05) is 42.8 Å². The predicted molar refractivity (Wildman–Crippen MR) is 135 cm³/mol. The van der Waals surface area contributed by atoms with Crippen molar-refractivity contribution >= 4 is 28.6 Å². The van der Waals surface area contributed by atoms with Crippen molar-refractivity contribution in [3.8, 4) is 0 Å². The molecule has 8 heteroatoms. The molecule has 0 radical (unpaired) electrons. The minimum Gasteiger partial charge on any atom is -0.309 e. The molecule has 0 amide bonds. The van der Waals surface area contributed by atoms with Crippen LogP contribution in [0.4, 0.5) is 11.8 Å². The van der Waals surface area contributed by atoms with E-state index in [0.29, 0.717) is 23.0 Å². The zero-order valence-electron chi connectivity index (χ0n) is 20.8. The molecule has 8 nitrogen and oxygen atoms in total. The van der Waals surface area contributed by atoms with E-state index in [-0.39, 0.29) is 22.9 Å². The molecule has 1 saturated carbocycles. The third-order valence-corrected chi connectivity index (χ3v) is 6.73. The SMILES string of the molecule is CC.CC(=O)c1c(C)c2cnc(Nc3ccc4c(n3)CCN(C)C4)nc2n(C2CCCC2)c1=O. The number of pyridine rings is 2. The van der Waals surface area contributed by atoms with Crippen molar-refractivity contribution in [2.75, 3.05) is 18.9 Å². The Labute approximate surface area is 200 Å². The lowest BCUT2D eigenvalue weighted by atomic mass is 10.0. The second-order valence-electron chi connectivity index (χ2n) is 9.02. The van der Waals surface area contributed by atoms with Gasteiger partial charge in [-0.1, -0.05) is 32.8 Å². The standard InChI is InChI=1S/C24H28N6O2.C2H6/c1-14-18-12-25-24(27-20-9-8-16-13-29(3)11-10-19(16)26-20)28-22(18)30(17-6-4-5-7-17)23(32)21(14)15(2)31;1-2/h8-9,12,17H,4-7,10-11,13H2,1-3H3,(H,25,26,27,28);1-2H3. The number of anilines is 2. The van der Waals surface area contributed by atoms with Crippen LogP contribution in [0.2, 0.25) is 0 Å². The summed E-state index contributed by atoms with van der Waals surface area (Å²) < 4.78 is 1.73. The molecule has 1 aliphatic carbocycles. The molecule has 3 aromatic rings. The molecule has 0 aromatic carbocycles. The summed E-state index contributed by atoms with van der Waals surface area (Å²) in [6.07, 6.45) is 6.61. The van der Waals surface area contributed by atoms with Crippen molar-refractivity contribution in [2.24, 2.45) is 0 Å². The van der Waals surface area contributed by atoms with Crippen LogP contribution in [0.15, 0.2) is 23.1 Å². The summed E-state index contributed by atoms with van der Waals surface area (Å²) >= 11 is 0. The Hall–Kier alpha value is -3.13. The maximum Gasteiger partial charge on any atom is 0.263 e. The second-order valence-corrected chi connectivity index (χ2v) is 9.02. The minimum atomic E-state index is -0.241. The fourth-order valence-electron chi connectivity index (χ4n) is 5.05. The maximum atomic E-state index is 13.3. The Morgan fingerprint density at radius 1 is 1.15 bits per heavy atom. The van der Waals surface area contributed by atoms with Gasteiger partial charge >= 0.3 is 0 Å². The molecule has 0 bridgehead atoms. The Kier molecular flexibility index (Phi) is 7.07. The lowest BCUT2D eigenvalue weighted by Crippen LogP contribution is -2.30. The van der Waals surface area contributed by atoms with Gasteiger partial charge in [0.25, 0.3) is 5.56 Å².